The number of carbonyl (C=O) groups is 1. The largest absolute Gasteiger partial charge is 0.433 e. The zero-order valence-corrected chi connectivity index (χ0v) is 21.5. The van der Waals surface area contributed by atoms with Crippen LogP contribution in [0.25, 0.3) is 22.0 Å². The van der Waals surface area contributed by atoms with Crippen LogP contribution >= 0.6 is 0 Å². The van der Waals surface area contributed by atoms with Gasteiger partial charge in [-0.05, 0) is 67.0 Å². The highest BCUT2D eigenvalue weighted by Gasteiger charge is 2.32. The Kier molecular flexibility index (Phi) is 8.54. The first-order chi connectivity index (χ1) is 18.6. The molecular formula is C29H29F4N5O. The number of aldehydes is 1. The van der Waals surface area contributed by atoms with Gasteiger partial charge in [0.15, 0.2) is 6.29 Å². The summed E-state index contributed by atoms with van der Waals surface area (Å²) in [5.74, 6) is 0.746. The van der Waals surface area contributed by atoms with E-state index >= 15 is 0 Å². The van der Waals surface area contributed by atoms with E-state index in [1.165, 1.54) is 36.4 Å². The first-order valence-electron chi connectivity index (χ1n) is 12.5. The van der Waals surface area contributed by atoms with Gasteiger partial charge in [0.05, 0.1) is 17.4 Å². The van der Waals surface area contributed by atoms with Gasteiger partial charge in [0.1, 0.15) is 11.5 Å². The first-order valence-corrected chi connectivity index (χ1v) is 12.5. The van der Waals surface area contributed by atoms with E-state index in [0.29, 0.717) is 29.4 Å². The van der Waals surface area contributed by atoms with Crippen molar-refractivity contribution in [3.05, 3.63) is 83.8 Å². The third-order valence-corrected chi connectivity index (χ3v) is 6.89. The number of carbonyl (C=O) groups excluding carboxylic acids is 1. The summed E-state index contributed by atoms with van der Waals surface area (Å²) >= 11 is 0. The van der Waals surface area contributed by atoms with Crippen molar-refractivity contribution in [2.75, 3.05) is 12.4 Å². The maximum Gasteiger partial charge on any atom is 0.433 e. The van der Waals surface area contributed by atoms with Crippen LogP contribution in [0.5, 0.6) is 0 Å². The number of benzene rings is 1. The van der Waals surface area contributed by atoms with Crippen molar-refractivity contribution >= 4 is 22.9 Å². The Morgan fingerprint density at radius 2 is 1.77 bits per heavy atom. The molecule has 0 radical (unpaired) electrons. The van der Waals surface area contributed by atoms with E-state index in [9.17, 15) is 22.4 Å². The van der Waals surface area contributed by atoms with Gasteiger partial charge in [0.2, 0.25) is 0 Å². The van der Waals surface area contributed by atoms with Crippen molar-refractivity contribution in [1.82, 2.24) is 15.0 Å². The van der Waals surface area contributed by atoms with E-state index in [-0.39, 0.29) is 16.5 Å². The molecule has 3 heterocycles. The fourth-order valence-corrected chi connectivity index (χ4v) is 5.07. The summed E-state index contributed by atoms with van der Waals surface area (Å²) in [6.07, 6.45) is 5.73. The number of pyridine rings is 3. The van der Waals surface area contributed by atoms with Crippen molar-refractivity contribution in [1.29, 1.82) is 0 Å². The fraction of sp³-hybridized carbons (Fsp3) is 0.310. The molecule has 5 rings (SSSR count). The highest BCUT2D eigenvalue weighted by Crippen LogP contribution is 2.38. The van der Waals surface area contributed by atoms with Crippen LogP contribution in [0.1, 0.15) is 53.7 Å². The molecule has 0 saturated heterocycles. The van der Waals surface area contributed by atoms with E-state index in [4.69, 9.17) is 5.73 Å². The average molecular weight is 540 g/mol. The van der Waals surface area contributed by atoms with Gasteiger partial charge in [-0.1, -0.05) is 13.0 Å². The molecule has 3 N–H and O–H groups in total. The monoisotopic (exact) mass is 539 g/mol. The molecule has 0 spiro atoms. The van der Waals surface area contributed by atoms with Gasteiger partial charge in [-0.3, -0.25) is 19.7 Å². The topological polar surface area (TPSA) is 93.8 Å². The number of alkyl halides is 3. The highest BCUT2D eigenvalue weighted by atomic mass is 19.4. The molecule has 0 amide bonds. The smallest absolute Gasteiger partial charge is 0.387 e. The van der Waals surface area contributed by atoms with Crippen LogP contribution in [0.15, 0.2) is 61.2 Å². The van der Waals surface area contributed by atoms with Gasteiger partial charge in [-0.2, -0.15) is 13.2 Å². The molecular weight excluding hydrogens is 510 g/mol. The molecule has 1 saturated carbocycles. The van der Waals surface area contributed by atoms with Crippen molar-refractivity contribution in [3.63, 3.8) is 0 Å². The van der Waals surface area contributed by atoms with Crippen LogP contribution in [-0.4, -0.2) is 34.3 Å². The Morgan fingerprint density at radius 3 is 2.41 bits per heavy atom. The van der Waals surface area contributed by atoms with E-state index in [2.05, 4.69) is 33.3 Å². The fourth-order valence-electron chi connectivity index (χ4n) is 5.07. The summed E-state index contributed by atoms with van der Waals surface area (Å²) < 4.78 is 51.4. The lowest BCUT2D eigenvalue weighted by atomic mass is 9.76. The summed E-state index contributed by atoms with van der Waals surface area (Å²) in [6.45, 7) is 2.30. The minimum atomic E-state index is -4.52. The Morgan fingerprint density at radius 1 is 1.00 bits per heavy atom. The number of anilines is 1. The predicted octanol–water partition coefficient (Wildman–Crippen LogP) is 6.62. The Labute approximate surface area is 223 Å². The molecule has 1 aliphatic rings. The minimum Gasteiger partial charge on any atom is -0.387 e. The second kappa shape index (κ2) is 11.9. The van der Waals surface area contributed by atoms with Crippen molar-refractivity contribution in [3.8, 4) is 11.1 Å². The number of aromatic nitrogens is 3. The second-order valence-corrected chi connectivity index (χ2v) is 9.79. The van der Waals surface area contributed by atoms with E-state index in [1.54, 1.807) is 0 Å². The third kappa shape index (κ3) is 6.57. The third-order valence-electron chi connectivity index (χ3n) is 6.89. The molecule has 3 aromatic heterocycles. The molecule has 4 aromatic rings. The second-order valence-electron chi connectivity index (χ2n) is 9.79. The lowest BCUT2D eigenvalue weighted by Gasteiger charge is -2.32. The number of nitrogens with two attached hydrogens (primary N) is 1. The number of hydrogen-bond acceptors (Lipinski definition) is 6. The van der Waals surface area contributed by atoms with E-state index < -0.39 is 17.7 Å². The Balaban J connectivity index is 0.000000193. The van der Waals surface area contributed by atoms with Crippen LogP contribution in [-0.2, 0) is 6.18 Å². The number of nitrogens with one attached hydrogen (secondary N) is 1. The maximum atomic E-state index is 13.9. The number of rotatable bonds is 4. The van der Waals surface area contributed by atoms with Crippen LogP contribution in [0.4, 0.5) is 23.2 Å². The predicted molar refractivity (Wildman–Crippen MR) is 143 cm³/mol. The molecule has 10 heteroatoms. The molecule has 3 atom stereocenters. The number of hydrogen-bond donors (Lipinski definition) is 2. The summed E-state index contributed by atoms with van der Waals surface area (Å²) in [4.78, 5) is 22.5. The zero-order chi connectivity index (χ0) is 28.2. The van der Waals surface area contributed by atoms with Gasteiger partial charge in [0, 0.05) is 53.8 Å². The zero-order valence-electron chi connectivity index (χ0n) is 21.5. The van der Waals surface area contributed by atoms with Crippen molar-refractivity contribution in [2.45, 2.75) is 44.3 Å². The van der Waals surface area contributed by atoms with Gasteiger partial charge >= 0.3 is 6.18 Å². The normalized spacial score (nSPS) is 19.2. The molecule has 39 heavy (non-hydrogen) atoms. The molecule has 1 fully saturated rings. The lowest BCUT2D eigenvalue weighted by Crippen LogP contribution is -2.31. The molecule has 0 bridgehead atoms. The van der Waals surface area contributed by atoms with Crippen molar-refractivity contribution in [2.24, 2.45) is 11.7 Å². The summed E-state index contributed by atoms with van der Waals surface area (Å²) in [5.41, 5.74) is 8.82. The van der Waals surface area contributed by atoms with Gasteiger partial charge in [-0.15, -0.1) is 0 Å². The van der Waals surface area contributed by atoms with Crippen LogP contribution < -0.4 is 11.1 Å². The van der Waals surface area contributed by atoms with Crippen molar-refractivity contribution < 1.29 is 22.4 Å². The number of nitrogens with zero attached hydrogens (tertiary/aromatic N) is 3. The number of fused-ring (bicyclic) bond motifs is 1. The van der Waals surface area contributed by atoms with Crippen LogP contribution in [0.2, 0.25) is 0 Å². The average Bonchev–Trinajstić information content (AvgIpc) is 2.92. The lowest BCUT2D eigenvalue weighted by molar-refractivity contribution is -0.141. The van der Waals surface area contributed by atoms with Crippen LogP contribution in [0.3, 0.4) is 0 Å². The SMILES string of the molecule is CNc1cnccc1C1CC(C)CC(N)C1.O=Cc1ccc(F)c2cc(-c3ccc(C(F)(F)F)nc3)cnc12. The van der Waals surface area contributed by atoms with E-state index in [0.717, 1.165) is 42.8 Å². The molecule has 204 valence electrons. The van der Waals surface area contributed by atoms with Crippen LogP contribution in [0, 0.1) is 11.7 Å². The summed E-state index contributed by atoms with van der Waals surface area (Å²) in [5, 5.41) is 3.34. The summed E-state index contributed by atoms with van der Waals surface area (Å²) in [6, 6.07) is 8.44. The molecule has 3 unspecified atom stereocenters. The quantitative estimate of drug-likeness (QED) is 0.224. The first kappa shape index (κ1) is 28.1. The molecule has 6 nitrogen and oxygen atoms in total. The molecule has 1 aliphatic carbocycles. The highest BCUT2D eigenvalue weighted by molar-refractivity contribution is 5.97. The van der Waals surface area contributed by atoms with Gasteiger partial charge in [0.25, 0.3) is 0 Å². The standard InChI is InChI=1S/C16H8F4N2O.C13H21N3/c17-13-3-1-10(8-23)15-12(13)5-11(7-22-15)9-2-4-14(21-6-9)16(18,19)20;1-9-5-10(7-11(14)6-9)12-3-4-16-8-13(12)15-2/h1-8H;3-4,8-11,15H,5-7,14H2,1-2H3. The van der Waals surface area contributed by atoms with Gasteiger partial charge < -0.3 is 11.1 Å². The number of halogens is 4. The Hall–Kier alpha value is -3.92. The molecule has 1 aromatic carbocycles. The minimum absolute atomic E-state index is 0.118. The van der Waals surface area contributed by atoms with E-state index in [1.807, 2.05) is 19.4 Å². The maximum absolute atomic E-state index is 13.9. The molecule has 0 aliphatic heterocycles. The summed E-state index contributed by atoms with van der Waals surface area (Å²) in [7, 11) is 1.95. The Bertz CT molecular complexity index is 1430. The van der Waals surface area contributed by atoms with Gasteiger partial charge in [-0.25, -0.2) is 4.39 Å².